The maximum Gasteiger partial charge on any atom is 0.242 e. The zero-order valence-electron chi connectivity index (χ0n) is 10.1. The first-order valence-electron chi connectivity index (χ1n) is 6.41. The number of ether oxygens (including phenoxy) is 1. The van der Waals surface area contributed by atoms with Gasteiger partial charge < -0.3 is 15.0 Å². The summed E-state index contributed by atoms with van der Waals surface area (Å²) in [5.41, 5.74) is 0. The lowest BCUT2D eigenvalue weighted by Gasteiger charge is -2.35. The van der Waals surface area contributed by atoms with E-state index < -0.39 is 0 Å². The number of rotatable bonds is 2. The van der Waals surface area contributed by atoms with Crippen molar-refractivity contribution in [2.75, 3.05) is 32.8 Å². The van der Waals surface area contributed by atoms with Crippen LogP contribution in [0.5, 0.6) is 0 Å². The highest BCUT2D eigenvalue weighted by atomic mass is 16.5. The highest BCUT2D eigenvalue weighted by Crippen LogP contribution is 2.20. The Hall–Kier alpha value is -0.610. The van der Waals surface area contributed by atoms with Crippen molar-refractivity contribution in [3.63, 3.8) is 0 Å². The van der Waals surface area contributed by atoms with E-state index in [1.165, 1.54) is 6.42 Å². The fourth-order valence-electron chi connectivity index (χ4n) is 2.51. The molecular weight excluding hydrogens is 204 g/mol. The molecule has 0 unspecified atom stereocenters. The van der Waals surface area contributed by atoms with E-state index in [-0.39, 0.29) is 11.9 Å². The number of nitrogens with zero attached hydrogens (tertiary/aromatic N) is 1. The van der Waals surface area contributed by atoms with Crippen molar-refractivity contribution in [3.05, 3.63) is 0 Å². The van der Waals surface area contributed by atoms with Gasteiger partial charge in [0.05, 0.1) is 13.2 Å². The monoisotopic (exact) mass is 226 g/mol. The van der Waals surface area contributed by atoms with Crippen LogP contribution < -0.4 is 5.32 Å². The molecule has 0 spiro atoms. The molecule has 0 aromatic carbocycles. The molecule has 2 aliphatic rings. The van der Waals surface area contributed by atoms with Gasteiger partial charge in [-0.25, -0.2) is 0 Å². The maximum absolute atomic E-state index is 12.1. The number of carbonyl (C=O) groups is 1. The highest BCUT2D eigenvalue weighted by Gasteiger charge is 2.28. The van der Waals surface area contributed by atoms with E-state index in [2.05, 4.69) is 12.2 Å². The number of amides is 1. The maximum atomic E-state index is 12.1. The average molecular weight is 226 g/mol. The van der Waals surface area contributed by atoms with Gasteiger partial charge in [-0.2, -0.15) is 0 Å². The molecule has 2 saturated heterocycles. The summed E-state index contributed by atoms with van der Waals surface area (Å²) in [6, 6.07) is -0.105. The first-order chi connectivity index (χ1) is 7.81. The lowest BCUT2D eigenvalue weighted by molar-refractivity contribution is -0.137. The van der Waals surface area contributed by atoms with Crippen LogP contribution in [0.3, 0.4) is 0 Å². The summed E-state index contributed by atoms with van der Waals surface area (Å²) in [5.74, 6) is 1.05. The number of hydrogen-bond donors (Lipinski definition) is 1. The van der Waals surface area contributed by atoms with Crippen LogP contribution in [-0.2, 0) is 9.53 Å². The molecule has 2 fully saturated rings. The lowest BCUT2D eigenvalue weighted by atomic mass is 9.94. The highest BCUT2D eigenvalue weighted by molar-refractivity contribution is 5.82. The SMILES string of the molecule is CCC1CCN(C(=O)[C@@H]2COCCN2)CC1. The Balaban J connectivity index is 1.81. The van der Waals surface area contributed by atoms with Gasteiger partial charge in [0.25, 0.3) is 0 Å². The topological polar surface area (TPSA) is 41.6 Å². The quantitative estimate of drug-likeness (QED) is 0.750. The van der Waals surface area contributed by atoms with E-state index in [4.69, 9.17) is 4.74 Å². The number of hydrogen-bond acceptors (Lipinski definition) is 3. The van der Waals surface area contributed by atoms with Crippen molar-refractivity contribution < 1.29 is 9.53 Å². The molecule has 0 aromatic rings. The fraction of sp³-hybridized carbons (Fsp3) is 0.917. The van der Waals surface area contributed by atoms with Gasteiger partial charge in [-0.3, -0.25) is 4.79 Å². The number of likely N-dealkylation sites (tertiary alicyclic amines) is 1. The van der Waals surface area contributed by atoms with E-state index >= 15 is 0 Å². The third kappa shape index (κ3) is 2.74. The molecular formula is C12H22N2O2. The minimum atomic E-state index is -0.105. The van der Waals surface area contributed by atoms with Crippen molar-refractivity contribution in [3.8, 4) is 0 Å². The van der Waals surface area contributed by atoms with Crippen LogP contribution in [-0.4, -0.2) is 49.7 Å². The van der Waals surface area contributed by atoms with Crippen LogP contribution in [0.2, 0.25) is 0 Å². The van der Waals surface area contributed by atoms with Crippen LogP contribution >= 0.6 is 0 Å². The van der Waals surface area contributed by atoms with Gasteiger partial charge in [-0.1, -0.05) is 13.3 Å². The lowest BCUT2D eigenvalue weighted by Crippen LogP contribution is -2.54. The molecule has 16 heavy (non-hydrogen) atoms. The second-order valence-corrected chi connectivity index (χ2v) is 4.76. The van der Waals surface area contributed by atoms with Gasteiger partial charge in [0.1, 0.15) is 6.04 Å². The first kappa shape index (κ1) is 11.9. The van der Waals surface area contributed by atoms with Gasteiger partial charge in [0, 0.05) is 19.6 Å². The Morgan fingerprint density at radius 3 is 2.75 bits per heavy atom. The molecule has 2 aliphatic heterocycles. The van der Waals surface area contributed by atoms with E-state index in [1.807, 2.05) is 4.90 Å². The predicted octanol–water partition coefficient (Wildman–Crippen LogP) is 0.623. The summed E-state index contributed by atoms with van der Waals surface area (Å²) in [6.45, 7) is 6.14. The zero-order valence-corrected chi connectivity index (χ0v) is 10.1. The minimum Gasteiger partial charge on any atom is -0.378 e. The van der Waals surface area contributed by atoms with E-state index in [0.29, 0.717) is 6.61 Å². The van der Waals surface area contributed by atoms with Crippen LogP contribution in [0.1, 0.15) is 26.2 Å². The second-order valence-electron chi connectivity index (χ2n) is 4.76. The van der Waals surface area contributed by atoms with E-state index in [9.17, 15) is 4.79 Å². The molecule has 0 saturated carbocycles. The third-order valence-corrected chi connectivity index (χ3v) is 3.72. The Morgan fingerprint density at radius 2 is 2.19 bits per heavy atom. The van der Waals surface area contributed by atoms with E-state index in [1.54, 1.807) is 0 Å². The predicted molar refractivity (Wildman–Crippen MR) is 62.2 cm³/mol. The van der Waals surface area contributed by atoms with Crippen molar-refractivity contribution in [2.45, 2.75) is 32.2 Å². The average Bonchev–Trinajstić information content (AvgIpc) is 2.39. The molecule has 4 heteroatoms. The Morgan fingerprint density at radius 1 is 1.44 bits per heavy atom. The molecule has 1 N–H and O–H groups in total. The smallest absolute Gasteiger partial charge is 0.242 e. The molecule has 4 nitrogen and oxygen atoms in total. The van der Waals surface area contributed by atoms with Gasteiger partial charge >= 0.3 is 0 Å². The van der Waals surface area contributed by atoms with Crippen molar-refractivity contribution in [1.82, 2.24) is 10.2 Å². The summed E-state index contributed by atoms with van der Waals surface area (Å²) in [4.78, 5) is 14.1. The molecule has 2 heterocycles. The van der Waals surface area contributed by atoms with Gasteiger partial charge in [-0.15, -0.1) is 0 Å². The summed E-state index contributed by atoms with van der Waals surface area (Å²) < 4.78 is 5.33. The Bertz CT molecular complexity index is 231. The molecule has 0 aliphatic carbocycles. The number of carbonyl (C=O) groups excluding carboxylic acids is 1. The molecule has 1 atom stereocenters. The molecule has 0 radical (unpaired) electrons. The summed E-state index contributed by atoms with van der Waals surface area (Å²) in [6.07, 6.45) is 3.57. The summed E-state index contributed by atoms with van der Waals surface area (Å²) in [7, 11) is 0. The number of piperidine rings is 1. The van der Waals surface area contributed by atoms with E-state index in [0.717, 1.165) is 45.0 Å². The second kappa shape index (κ2) is 5.64. The Labute approximate surface area is 97.3 Å². The molecule has 0 bridgehead atoms. The largest absolute Gasteiger partial charge is 0.378 e. The standard InChI is InChI=1S/C12H22N2O2/c1-2-10-3-6-14(7-4-10)12(15)11-9-16-8-5-13-11/h10-11,13H,2-9H2,1H3/t11-/m0/s1. The fourth-order valence-corrected chi connectivity index (χ4v) is 2.51. The number of nitrogens with one attached hydrogen (secondary N) is 1. The Kier molecular flexibility index (Phi) is 4.18. The van der Waals surface area contributed by atoms with Crippen LogP contribution in [0.4, 0.5) is 0 Å². The van der Waals surface area contributed by atoms with Gasteiger partial charge in [0.2, 0.25) is 5.91 Å². The normalized spacial score (nSPS) is 28.1. The number of morpholine rings is 1. The van der Waals surface area contributed by atoms with Gasteiger partial charge in [-0.05, 0) is 18.8 Å². The molecule has 1 amide bonds. The van der Waals surface area contributed by atoms with Gasteiger partial charge in [0.15, 0.2) is 0 Å². The molecule has 92 valence electrons. The van der Waals surface area contributed by atoms with Crippen LogP contribution in [0.25, 0.3) is 0 Å². The van der Waals surface area contributed by atoms with Crippen molar-refractivity contribution in [2.24, 2.45) is 5.92 Å². The molecule has 2 rings (SSSR count). The minimum absolute atomic E-state index is 0.105. The first-order valence-corrected chi connectivity index (χ1v) is 6.41. The molecule has 0 aromatic heterocycles. The van der Waals surface area contributed by atoms with Crippen molar-refractivity contribution >= 4 is 5.91 Å². The van der Waals surface area contributed by atoms with Crippen LogP contribution in [0, 0.1) is 5.92 Å². The zero-order chi connectivity index (χ0) is 11.4. The summed E-state index contributed by atoms with van der Waals surface area (Å²) in [5, 5.41) is 3.23. The van der Waals surface area contributed by atoms with Crippen LogP contribution in [0.15, 0.2) is 0 Å². The summed E-state index contributed by atoms with van der Waals surface area (Å²) >= 11 is 0. The third-order valence-electron chi connectivity index (χ3n) is 3.72. The van der Waals surface area contributed by atoms with Crippen molar-refractivity contribution in [1.29, 1.82) is 0 Å².